The van der Waals surface area contributed by atoms with Gasteiger partial charge in [-0.15, -0.1) is 0 Å². The molecule has 0 spiro atoms. The van der Waals surface area contributed by atoms with E-state index in [2.05, 4.69) is 5.32 Å². The Labute approximate surface area is 208 Å². The van der Waals surface area contributed by atoms with Crippen molar-refractivity contribution in [2.24, 2.45) is 5.73 Å². The molecule has 1 unspecified atom stereocenters. The van der Waals surface area contributed by atoms with Gasteiger partial charge in [0.25, 0.3) is 5.91 Å². The lowest BCUT2D eigenvalue weighted by atomic mass is 9.99. The Hall–Kier alpha value is -3.19. The van der Waals surface area contributed by atoms with Crippen LogP contribution in [0.1, 0.15) is 21.5 Å². The maximum atomic E-state index is 13.5. The van der Waals surface area contributed by atoms with Gasteiger partial charge in [-0.2, -0.15) is 0 Å². The summed E-state index contributed by atoms with van der Waals surface area (Å²) in [5.74, 6) is -1.28. The molecule has 0 aliphatic carbocycles. The van der Waals surface area contributed by atoms with Crippen LogP contribution in [0.2, 0.25) is 10.0 Å². The number of carbonyl (C=O) groups excluding carboxylic acids is 3. The number of ketones is 1. The van der Waals surface area contributed by atoms with Crippen LogP contribution in [0, 0.1) is 0 Å². The lowest BCUT2D eigenvalue weighted by Crippen LogP contribution is -2.54. The molecule has 34 heavy (non-hydrogen) atoms. The third-order valence-corrected chi connectivity index (χ3v) is 6.16. The van der Waals surface area contributed by atoms with Crippen molar-refractivity contribution in [1.29, 1.82) is 0 Å². The van der Waals surface area contributed by atoms with E-state index >= 15 is 0 Å². The second-order valence-electron chi connectivity index (χ2n) is 8.23. The molecule has 0 bridgehead atoms. The van der Waals surface area contributed by atoms with Crippen LogP contribution in [-0.4, -0.2) is 44.3 Å². The fourth-order valence-electron chi connectivity index (χ4n) is 3.82. The van der Waals surface area contributed by atoms with Crippen LogP contribution in [0.25, 0.3) is 0 Å². The number of primary amides is 1. The summed E-state index contributed by atoms with van der Waals surface area (Å²) in [5.41, 5.74) is 7.61. The topological polar surface area (TPSA) is 89.3 Å². The Morgan fingerprint density at radius 2 is 1.59 bits per heavy atom. The number of carbonyl (C=O) groups is 3. The molecule has 2 amide bonds. The van der Waals surface area contributed by atoms with Gasteiger partial charge in [0.05, 0.1) is 30.7 Å². The van der Waals surface area contributed by atoms with Gasteiger partial charge in [0, 0.05) is 23.1 Å². The molecule has 8 heteroatoms. The minimum Gasteiger partial charge on any atom is -0.368 e. The van der Waals surface area contributed by atoms with E-state index in [1.54, 1.807) is 42.5 Å². The number of rotatable bonds is 10. The van der Waals surface area contributed by atoms with Crippen molar-refractivity contribution in [3.63, 3.8) is 0 Å². The fraction of sp³-hybridized carbons (Fsp3) is 0.192. The summed E-state index contributed by atoms with van der Waals surface area (Å²) >= 11 is 12.6. The van der Waals surface area contributed by atoms with Crippen molar-refractivity contribution in [2.75, 3.05) is 26.7 Å². The van der Waals surface area contributed by atoms with Crippen molar-refractivity contribution in [3.8, 4) is 0 Å². The SMILES string of the molecule is C[N+](CCc1ccccc1)(CC(=O)NCC(N)=O)c1ccc(Cl)cc1C(=O)c1ccccc1Cl. The standard InChI is InChI=1S/C26H25Cl2N3O3/c1-31(17-25(33)30-16-24(29)32,14-13-18-7-3-2-4-8-18)23-12-11-19(27)15-21(23)26(34)20-9-5-6-10-22(20)28/h2-12,15H,13-14,16-17H2,1H3,(H2-,29,30,32,33)/p+1. The van der Waals surface area contributed by atoms with Gasteiger partial charge in [0.1, 0.15) is 5.69 Å². The summed E-state index contributed by atoms with van der Waals surface area (Å²) in [6.07, 6.45) is 0.656. The molecule has 0 aliphatic rings. The van der Waals surface area contributed by atoms with Gasteiger partial charge in [-0.25, -0.2) is 0 Å². The molecule has 3 N–H and O–H groups in total. The van der Waals surface area contributed by atoms with Crippen LogP contribution >= 0.6 is 23.2 Å². The lowest BCUT2D eigenvalue weighted by Gasteiger charge is -2.35. The number of hydrogen-bond donors (Lipinski definition) is 2. The minimum absolute atomic E-state index is 0.00938. The smallest absolute Gasteiger partial charge is 0.276 e. The third kappa shape index (κ3) is 6.44. The highest BCUT2D eigenvalue weighted by Gasteiger charge is 2.33. The van der Waals surface area contributed by atoms with Gasteiger partial charge in [0.2, 0.25) is 11.7 Å². The highest BCUT2D eigenvalue weighted by atomic mass is 35.5. The van der Waals surface area contributed by atoms with Gasteiger partial charge in [-0.3, -0.25) is 18.9 Å². The van der Waals surface area contributed by atoms with Crippen molar-refractivity contribution >= 4 is 46.5 Å². The average molecular weight is 499 g/mol. The minimum atomic E-state index is -0.632. The Morgan fingerprint density at radius 3 is 2.26 bits per heavy atom. The molecule has 1 atom stereocenters. The molecule has 176 valence electrons. The molecule has 3 aromatic rings. The quantitative estimate of drug-likeness (QED) is 0.327. The number of nitrogens with one attached hydrogen (secondary N) is 1. The zero-order chi connectivity index (χ0) is 24.7. The number of nitrogens with two attached hydrogens (primary N) is 1. The maximum absolute atomic E-state index is 13.5. The van der Waals surface area contributed by atoms with E-state index in [1.165, 1.54) is 0 Å². The maximum Gasteiger partial charge on any atom is 0.276 e. The van der Waals surface area contributed by atoms with E-state index in [1.807, 2.05) is 37.4 Å². The number of halogens is 2. The van der Waals surface area contributed by atoms with E-state index in [4.69, 9.17) is 28.9 Å². The first kappa shape index (κ1) is 25.4. The Morgan fingerprint density at radius 1 is 0.912 bits per heavy atom. The Bertz CT molecular complexity index is 1200. The van der Waals surface area contributed by atoms with Crippen molar-refractivity contribution in [1.82, 2.24) is 9.80 Å². The molecule has 0 fully saturated rings. The summed E-state index contributed by atoms with van der Waals surface area (Å²) < 4.78 is 0.0994. The van der Waals surface area contributed by atoms with Gasteiger partial charge in [-0.05, 0) is 29.8 Å². The van der Waals surface area contributed by atoms with Crippen LogP contribution in [0.15, 0.2) is 72.8 Å². The summed E-state index contributed by atoms with van der Waals surface area (Å²) in [5, 5.41) is 3.27. The summed E-state index contributed by atoms with van der Waals surface area (Å²) in [6, 6.07) is 21.7. The van der Waals surface area contributed by atoms with Crippen LogP contribution < -0.4 is 15.5 Å². The number of benzene rings is 3. The normalized spacial score (nSPS) is 12.6. The van der Waals surface area contributed by atoms with Gasteiger partial charge in [-0.1, -0.05) is 65.7 Å². The molecule has 0 saturated carbocycles. The predicted octanol–water partition coefficient (Wildman–Crippen LogP) is 4.01. The highest BCUT2D eigenvalue weighted by Crippen LogP contribution is 2.32. The number of hydrogen-bond acceptors (Lipinski definition) is 3. The second kappa shape index (κ2) is 11.3. The van der Waals surface area contributed by atoms with Gasteiger partial charge in [0.15, 0.2) is 6.54 Å². The molecule has 3 rings (SSSR count). The first-order chi connectivity index (χ1) is 16.2. The van der Waals surface area contributed by atoms with Crippen LogP contribution in [-0.2, 0) is 16.0 Å². The summed E-state index contributed by atoms with van der Waals surface area (Å²) in [7, 11) is 1.87. The molecule has 0 saturated heterocycles. The highest BCUT2D eigenvalue weighted by molar-refractivity contribution is 6.35. The molecular formula is C26H26Cl2N3O3+. The number of amides is 2. The van der Waals surface area contributed by atoms with Crippen LogP contribution in [0.3, 0.4) is 0 Å². The molecule has 0 aliphatic heterocycles. The number of nitrogens with zero attached hydrogens (tertiary/aromatic N) is 1. The van der Waals surface area contributed by atoms with Crippen LogP contribution in [0.4, 0.5) is 5.69 Å². The Balaban J connectivity index is 2.03. The Kier molecular flexibility index (Phi) is 8.45. The first-order valence-corrected chi connectivity index (χ1v) is 11.5. The average Bonchev–Trinajstić information content (AvgIpc) is 2.82. The van der Waals surface area contributed by atoms with Crippen LogP contribution in [0.5, 0.6) is 0 Å². The van der Waals surface area contributed by atoms with E-state index < -0.39 is 5.91 Å². The number of quaternary nitrogens is 1. The van der Waals surface area contributed by atoms with E-state index in [-0.39, 0.29) is 29.3 Å². The lowest BCUT2D eigenvalue weighted by molar-refractivity contribution is -0.125. The summed E-state index contributed by atoms with van der Waals surface area (Å²) in [6.45, 7) is 0.243. The van der Waals surface area contributed by atoms with E-state index in [9.17, 15) is 14.4 Å². The van der Waals surface area contributed by atoms with E-state index in [0.717, 1.165) is 5.56 Å². The third-order valence-electron chi connectivity index (χ3n) is 5.59. The van der Waals surface area contributed by atoms with Crippen molar-refractivity contribution in [2.45, 2.75) is 6.42 Å². The van der Waals surface area contributed by atoms with Crippen molar-refractivity contribution < 1.29 is 14.4 Å². The molecule has 0 radical (unpaired) electrons. The first-order valence-electron chi connectivity index (χ1n) is 10.7. The molecular weight excluding hydrogens is 473 g/mol. The van der Waals surface area contributed by atoms with Crippen molar-refractivity contribution in [3.05, 3.63) is 99.5 Å². The molecule has 0 aromatic heterocycles. The second-order valence-corrected chi connectivity index (χ2v) is 9.07. The number of likely N-dealkylation sites (N-methyl/N-ethyl adjacent to an activating group) is 1. The van der Waals surface area contributed by atoms with Gasteiger partial charge < -0.3 is 11.1 Å². The molecule has 0 heterocycles. The zero-order valence-corrected chi connectivity index (χ0v) is 20.3. The van der Waals surface area contributed by atoms with E-state index in [0.29, 0.717) is 39.8 Å². The molecule has 6 nitrogen and oxygen atoms in total. The largest absolute Gasteiger partial charge is 0.368 e. The molecule has 3 aromatic carbocycles. The monoisotopic (exact) mass is 498 g/mol. The van der Waals surface area contributed by atoms with Gasteiger partial charge >= 0.3 is 0 Å². The summed E-state index contributed by atoms with van der Waals surface area (Å²) in [4.78, 5) is 37.5. The fourth-order valence-corrected chi connectivity index (χ4v) is 4.21. The predicted molar refractivity (Wildman–Crippen MR) is 136 cm³/mol. The zero-order valence-electron chi connectivity index (χ0n) is 18.8.